The van der Waals surface area contributed by atoms with Crippen molar-refractivity contribution in [1.29, 1.82) is 0 Å². The molecule has 3 heteroatoms. The van der Waals surface area contributed by atoms with Crippen molar-refractivity contribution in [3.63, 3.8) is 0 Å². The highest BCUT2D eigenvalue weighted by atomic mass is 15.3. The van der Waals surface area contributed by atoms with E-state index in [0.717, 1.165) is 17.1 Å². The molecule has 0 amide bonds. The molecule has 1 rings (SSSR count). The van der Waals surface area contributed by atoms with Gasteiger partial charge in [0.05, 0.1) is 6.54 Å². The Morgan fingerprint density at radius 1 is 1.06 bits per heavy atom. The molecule has 1 aromatic rings. The standard InChI is InChI=1S/C14H21N3/c1-12(13-9-7-6-8-10-13)11-15-14(16(2)3)17(4)5/h6-10H,1,11H2,2-5H3. The summed E-state index contributed by atoms with van der Waals surface area (Å²) in [5, 5.41) is 0. The van der Waals surface area contributed by atoms with Crippen LogP contribution in [0.1, 0.15) is 5.56 Å². The second-order valence-electron chi connectivity index (χ2n) is 4.37. The molecule has 0 aliphatic rings. The number of nitrogens with zero attached hydrogens (tertiary/aromatic N) is 3. The molecule has 92 valence electrons. The molecule has 0 unspecified atom stereocenters. The lowest BCUT2D eigenvalue weighted by Crippen LogP contribution is -2.35. The zero-order valence-corrected chi connectivity index (χ0v) is 11.1. The van der Waals surface area contributed by atoms with Crippen molar-refractivity contribution < 1.29 is 0 Å². The maximum atomic E-state index is 4.57. The molecule has 3 nitrogen and oxygen atoms in total. The minimum atomic E-state index is 0.621. The largest absolute Gasteiger partial charge is 0.349 e. The molecule has 0 saturated heterocycles. The maximum Gasteiger partial charge on any atom is 0.195 e. The first-order chi connectivity index (χ1) is 8.02. The van der Waals surface area contributed by atoms with Gasteiger partial charge < -0.3 is 9.80 Å². The summed E-state index contributed by atoms with van der Waals surface area (Å²) < 4.78 is 0. The molecule has 0 atom stereocenters. The van der Waals surface area contributed by atoms with Gasteiger partial charge >= 0.3 is 0 Å². The van der Waals surface area contributed by atoms with Gasteiger partial charge in [0.2, 0.25) is 0 Å². The van der Waals surface area contributed by atoms with E-state index in [1.807, 2.05) is 56.2 Å². The number of guanidine groups is 1. The SMILES string of the molecule is C=C(CN=C(N(C)C)N(C)C)c1ccccc1. The Morgan fingerprint density at radius 2 is 1.59 bits per heavy atom. The quantitative estimate of drug-likeness (QED) is 0.586. The Labute approximate surface area is 104 Å². The van der Waals surface area contributed by atoms with E-state index in [9.17, 15) is 0 Å². The van der Waals surface area contributed by atoms with Crippen LogP contribution in [0.4, 0.5) is 0 Å². The van der Waals surface area contributed by atoms with Crippen LogP contribution in [-0.4, -0.2) is 50.5 Å². The number of aliphatic imine (C=N–C) groups is 1. The lowest BCUT2D eigenvalue weighted by Gasteiger charge is -2.22. The van der Waals surface area contributed by atoms with E-state index in [1.165, 1.54) is 0 Å². The Kier molecular flexibility index (Phi) is 4.76. The van der Waals surface area contributed by atoms with Crippen LogP contribution in [0.3, 0.4) is 0 Å². The lowest BCUT2D eigenvalue weighted by molar-refractivity contribution is 0.481. The molecule has 17 heavy (non-hydrogen) atoms. The summed E-state index contributed by atoms with van der Waals surface area (Å²) >= 11 is 0. The van der Waals surface area contributed by atoms with Gasteiger partial charge in [-0.2, -0.15) is 0 Å². The molecule has 0 spiro atoms. The van der Waals surface area contributed by atoms with Gasteiger partial charge in [0.25, 0.3) is 0 Å². The van der Waals surface area contributed by atoms with E-state index in [-0.39, 0.29) is 0 Å². The second kappa shape index (κ2) is 6.09. The third-order valence-electron chi connectivity index (χ3n) is 2.39. The average molecular weight is 231 g/mol. The van der Waals surface area contributed by atoms with Crippen LogP contribution < -0.4 is 0 Å². The smallest absolute Gasteiger partial charge is 0.195 e. The highest BCUT2D eigenvalue weighted by Gasteiger charge is 2.04. The van der Waals surface area contributed by atoms with Gasteiger partial charge in [-0.1, -0.05) is 36.9 Å². The zero-order chi connectivity index (χ0) is 12.8. The zero-order valence-electron chi connectivity index (χ0n) is 11.1. The first-order valence-electron chi connectivity index (χ1n) is 5.64. The van der Waals surface area contributed by atoms with Gasteiger partial charge in [0, 0.05) is 28.2 Å². The number of rotatable bonds is 3. The average Bonchev–Trinajstić information content (AvgIpc) is 2.29. The summed E-state index contributed by atoms with van der Waals surface area (Å²) in [4.78, 5) is 8.56. The molecule has 0 heterocycles. The van der Waals surface area contributed by atoms with Gasteiger partial charge in [-0.3, -0.25) is 0 Å². The van der Waals surface area contributed by atoms with Crippen molar-refractivity contribution in [1.82, 2.24) is 9.80 Å². The molecule has 1 aromatic carbocycles. The summed E-state index contributed by atoms with van der Waals surface area (Å²) in [7, 11) is 7.96. The Bertz CT molecular complexity index is 381. The van der Waals surface area contributed by atoms with Crippen LogP contribution in [0, 0.1) is 0 Å². The van der Waals surface area contributed by atoms with Crippen molar-refractivity contribution in [3.8, 4) is 0 Å². The molecular formula is C14H21N3. The van der Waals surface area contributed by atoms with Crippen LogP contribution in [0.15, 0.2) is 41.9 Å². The fourth-order valence-electron chi connectivity index (χ4n) is 1.61. The summed E-state index contributed by atoms with van der Waals surface area (Å²) in [5.74, 6) is 0.946. The van der Waals surface area contributed by atoms with Gasteiger partial charge in [0.15, 0.2) is 5.96 Å². The van der Waals surface area contributed by atoms with Crippen molar-refractivity contribution in [3.05, 3.63) is 42.5 Å². The van der Waals surface area contributed by atoms with Crippen LogP contribution in [0.2, 0.25) is 0 Å². The molecule has 0 fully saturated rings. The fraction of sp³-hybridized carbons (Fsp3) is 0.357. The van der Waals surface area contributed by atoms with Gasteiger partial charge in [-0.25, -0.2) is 4.99 Å². The summed E-state index contributed by atoms with van der Waals surface area (Å²) in [5.41, 5.74) is 2.18. The number of hydrogen-bond donors (Lipinski definition) is 0. The summed E-state index contributed by atoms with van der Waals surface area (Å²) in [6.45, 7) is 4.69. The Balaban J connectivity index is 2.72. The third-order valence-corrected chi connectivity index (χ3v) is 2.39. The molecule has 0 bridgehead atoms. The first kappa shape index (κ1) is 13.3. The molecule has 0 radical (unpaired) electrons. The first-order valence-corrected chi connectivity index (χ1v) is 5.64. The predicted octanol–water partition coefficient (Wildman–Crippen LogP) is 2.18. The molecular weight excluding hydrogens is 210 g/mol. The van der Waals surface area contributed by atoms with E-state index >= 15 is 0 Å². The summed E-state index contributed by atoms with van der Waals surface area (Å²) in [6, 6.07) is 10.2. The molecule has 0 saturated carbocycles. The maximum absolute atomic E-state index is 4.57. The topological polar surface area (TPSA) is 18.8 Å². The lowest BCUT2D eigenvalue weighted by atomic mass is 10.1. The van der Waals surface area contributed by atoms with E-state index < -0.39 is 0 Å². The normalized spacial score (nSPS) is 9.65. The van der Waals surface area contributed by atoms with E-state index in [1.54, 1.807) is 0 Å². The van der Waals surface area contributed by atoms with Crippen molar-refractivity contribution in [2.24, 2.45) is 4.99 Å². The van der Waals surface area contributed by atoms with Crippen LogP contribution in [0.25, 0.3) is 5.57 Å². The van der Waals surface area contributed by atoms with Gasteiger partial charge in [-0.05, 0) is 11.1 Å². The molecule has 0 aromatic heterocycles. The summed E-state index contributed by atoms with van der Waals surface area (Å²) in [6.07, 6.45) is 0. The second-order valence-corrected chi connectivity index (χ2v) is 4.37. The molecule has 0 aliphatic carbocycles. The minimum absolute atomic E-state index is 0.621. The van der Waals surface area contributed by atoms with Gasteiger partial charge in [0.1, 0.15) is 0 Å². The van der Waals surface area contributed by atoms with E-state index in [4.69, 9.17) is 0 Å². The fourth-order valence-corrected chi connectivity index (χ4v) is 1.61. The Hall–Kier alpha value is -1.77. The minimum Gasteiger partial charge on any atom is -0.349 e. The Morgan fingerprint density at radius 3 is 2.06 bits per heavy atom. The van der Waals surface area contributed by atoms with Crippen LogP contribution in [0.5, 0.6) is 0 Å². The van der Waals surface area contributed by atoms with Crippen molar-refractivity contribution >= 4 is 11.5 Å². The van der Waals surface area contributed by atoms with Crippen molar-refractivity contribution in [2.45, 2.75) is 0 Å². The number of benzene rings is 1. The third kappa shape index (κ3) is 3.94. The van der Waals surface area contributed by atoms with Gasteiger partial charge in [-0.15, -0.1) is 0 Å². The number of hydrogen-bond acceptors (Lipinski definition) is 1. The van der Waals surface area contributed by atoms with E-state index in [0.29, 0.717) is 6.54 Å². The van der Waals surface area contributed by atoms with E-state index in [2.05, 4.69) is 23.7 Å². The molecule has 0 aliphatic heterocycles. The van der Waals surface area contributed by atoms with Crippen LogP contribution in [-0.2, 0) is 0 Å². The van der Waals surface area contributed by atoms with Crippen molar-refractivity contribution in [2.75, 3.05) is 34.7 Å². The highest BCUT2D eigenvalue weighted by molar-refractivity contribution is 5.80. The molecule has 0 N–H and O–H groups in total. The van der Waals surface area contributed by atoms with Crippen LogP contribution >= 0.6 is 0 Å². The predicted molar refractivity (Wildman–Crippen MR) is 75.2 cm³/mol. The highest BCUT2D eigenvalue weighted by Crippen LogP contribution is 2.11. The monoisotopic (exact) mass is 231 g/mol.